The van der Waals surface area contributed by atoms with Crippen molar-refractivity contribution in [1.82, 2.24) is 0 Å². The van der Waals surface area contributed by atoms with Crippen LogP contribution in [0, 0.1) is 10.1 Å². The first kappa shape index (κ1) is 16.1. The molecular formula is C13H13F3N2O4. The van der Waals surface area contributed by atoms with Crippen molar-refractivity contribution < 1.29 is 27.6 Å². The number of benzene rings is 1. The molecule has 0 amide bonds. The number of alkyl halides is 3. The minimum Gasteiger partial charge on any atom is -0.477 e. The van der Waals surface area contributed by atoms with Crippen molar-refractivity contribution in [2.45, 2.75) is 19.0 Å². The molecule has 0 bridgehead atoms. The predicted octanol–water partition coefficient (Wildman–Crippen LogP) is 2.71. The monoisotopic (exact) mass is 318 g/mol. The van der Waals surface area contributed by atoms with Gasteiger partial charge in [0.2, 0.25) is 0 Å². The number of ketones is 1. The third kappa shape index (κ3) is 4.09. The van der Waals surface area contributed by atoms with E-state index in [1.54, 1.807) is 4.90 Å². The van der Waals surface area contributed by atoms with E-state index >= 15 is 0 Å². The van der Waals surface area contributed by atoms with Crippen molar-refractivity contribution in [3.8, 4) is 5.75 Å². The largest absolute Gasteiger partial charge is 0.477 e. The van der Waals surface area contributed by atoms with E-state index in [1.165, 1.54) is 12.1 Å². The van der Waals surface area contributed by atoms with Gasteiger partial charge >= 0.3 is 11.9 Å². The molecule has 0 atom stereocenters. The highest BCUT2D eigenvalue weighted by atomic mass is 19.4. The molecule has 120 valence electrons. The van der Waals surface area contributed by atoms with Gasteiger partial charge in [-0.1, -0.05) is 0 Å². The topological polar surface area (TPSA) is 72.7 Å². The minimum absolute atomic E-state index is 0.117. The van der Waals surface area contributed by atoms with Crippen molar-refractivity contribution in [1.29, 1.82) is 0 Å². The SMILES string of the molecule is O=C1CCN(c2ccc([N+](=O)[O-])c(OCC(F)(F)F)c2)CC1. The minimum atomic E-state index is -4.58. The zero-order chi connectivity index (χ0) is 16.3. The first-order valence-corrected chi connectivity index (χ1v) is 6.51. The number of hydrogen-bond donors (Lipinski definition) is 0. The van der Waals surface area contributed by atoms with E-state index in [2.05, 4.69) is 4.74 Å². The van der Waals surface area contributed by atoms with Crippen LogP contribution in [0.1, 0.15) is 12.8 Å². The van der Waals surface area contributed by atoms with Crippen LogP contribution in [0.25, 0.3) is 0 Å². The molecule has 9 heteroatoms. The first-order chi connectivity index (χ1) is 10.3. The average Bonchev–Trinajstić information content (AvgIpc) is 2.44. The van der Waals surface area contributed by atoms with E-state index in [0.717, 1.165) is 6.07 Å². The summed E-state index contributed by atoms with van der Waals surface area (Å²) in [5.41, 5.74) is -0.0311. The third-order valence-corrected chi connectivity index (χ3v) is 3.22. The van der Waals surface area contributed by atoms with Gasteiger partial charge in [0.25, 0.3) is 0 Å². The van der Waals surface area contributed by atoms with Crippen LogP contribution in [0.3, 0.4) is 0 Å². The summed E-state index contributed by atoms with van der Waals surface area (Å²) < 4.78 is 41.2. The molecule has 6 nitrogen and oxygen atoms in total. The van der Waals surface area contributed by atoms with Gasteiger partial charge in [-0.3, -0.25) is 14.9 Å². The quantitative estimate of drug-likeness (QED) is 0.630. The van der Waals surface area contributed by atoms with Gasteiger partial charge in [-0.25, -0.2) is 0 Å². The van der Waals surface area contributed by atoms with E-state index in [1.807, 2.05) is 0 Å². The number of nitro benzene ring substituents is 1. The molecule has 0 saturated carbocycles. The van der Waals surface area contributed by atoms with E-state index in [4.69, 9.17) is 0 Å². The number of ether oxygens (including phenoxy) is 1. The summed E-state index contributed by atoms with van der Waals surface area (Å²) >= 11 is 0. The van der Waals surface area contributed by atoms with E-state index < -0.39 is 29.1 Å². The number of anilines is 1. The second kappa shape index (κ2) is 6.20. The Labute approximate surface area is 123 Å². The molecule has 0 N–H and O–H groups in total. The lowest BCUT2D eigenvalue weighted by molar-refractivity contribution is -0.386. The number of nitrogens with zero attached hydrogens (tertiary/aromatic N) is 2. The number of piperidine rings is 1. The number of carbonyl (C=O) groups excluding carboxylic acids is 1. The Hall–Kier alpha value is -2.32. The molecule has 1 heterocycles. The fraction of sp³-hybridized carbons (Fsp3) is 0.462. The maximum Gasteiger partial charge on any atom is 0.422 e. The molecule has 0 unspecified atom stereocenters. The Kier molecular flexibility index (Phi) is 4.53. The van der Waals surface area contributed by atoms with Gasteiger partial charge < -0.3 is 9.64 Å². The Morgan fingerprint density at radius 3 is 2.45 bits per heavy atom. The maximum absolute atomic E-state index is 12.2. The molecule has 0 spiro atoms. The van der Waals surface area contributed by atoms with Gasteiger partial charge in [0.1, 0.15) is 5.78 Å². The molecule has 0 aliphatic carbocycles. The predicted molar refractivity (Wildman–Crippen MR) is 71.1 cm³/mol. The second-order valence-electron chi connectivity index (χ2n) is 4.84. The van der Waals surface area contributed by atoms with Gasteiger partial charge in [0.05, 0.1) is 4.92 Å². The highest BCUT2D eigenvalue weighted by molar-refractivity contribution is 5.81. The number of Topliss-reactive ketones (excluding diaryl/α,β-unsaturated/α-hetero) is 1. The zero-order valence-corrected chi connectivity index (χ0v) is 11.4. The van der Waals surface area contributed by atoms with Crippen LogP contribution in [0.4, 0.5) is 24.5 Å². The van der Waals surface area contributed by atoms with E-state index in [-0.39, 0.29) is 5.78 Å². The highest BCUT2D eigenvalue weighted by Gasteiger charge is 2.30. The number of halogens is 3. The second-order valence-corrected chi connectivity index (χ2v) is 4.84. The summed E-state index contributed by atoms with van der Waals surface area (Å²) in [6.07, 6.45) is -3.90. The lowest BCUT2D eigenvalue weighted by Crippen LogP contribution is -2.33. The smallest absolute Gasteiger partial charge is 0.422 e. The van der Waals surface area contributed by atoms with Crippen molar-refractivity contribution in [3.05, 3.63) is 28.3 Å². The molecular weight excluding hydrogens is 305 g/mol. The Morgan fingerprint density at radius 2 is 1.91 bits per heavy atom. The summed E-state index contributed by atoms with van der Waals surface area (Å²) in [4.78, 5) is 23.0. The lowest BCUT2D eigenvalue weighted by Gasteiger charge is -2.28. The van der Waals surface area contributed by atoms with E-state index in [0.29, 0.717) is 31.6 Å². The molecule has 1 aliphatic heterocycles. The number of hydrogen-bond acceptors (Lipinski definition) is 5. The molecule has 2 rings (SSSR count). The summed E-state index contributed by atoms with van der Waals surface area (Å²) in [6, 6.07) is 3.76. The number of rotatable bonds is 4. The average molecular weight is 318 g/mol. The molecule has 1 aromatic carbocycles. The van der Waals surface area contributed by atoms with Gasteiger partial charge in [-0.2, -0.15) is 13.2 Å². The Morgan fingerprint density at radius 1 is 1.27 bits per heavy atom. The standard InChI is InChI=1S/C13H13F3N2O4/c14-13(15,16)8-22-12-7-9(1-2-11(12)18(20)21)17-5-3-10(19)4-6-17/h1-2,7H,3-6,8H2. The van der Waals surface area contributed by atoms with Crippen LogP contribution >= 0.6 is 0 Å². The van der Waals surface area contributed by atoms with Gasteiger partial charge in [0.15, 0.2) is 12.4 Å². The van der Waals surface area contributed by atoms with Crippen LogP contribution in [0.15, 0.2) is 18.2 Å². The van der Waals surface area contributed by atoms with Crippen molar-refractivity contribution in [2.75, 3.05) is 24.6 Å². The zero-order valence-electron chi connectivity index (χ0n) is 11.4. The van der Waals surface area contributed by atoms with Crippen LogP contribution in [0.2, 0.25) is 0 Å². The molecule has 0 aromatic heterocycles. The van der Waals surface area contributed by atoms with Gasteiger partial charge in [-0.15, -0.1) is 0 Å². The van der Waals surface area contributed by atoms with Crippen LogP contribution in [-0.2, 0) is 4.79 Å². The van der Waals surface area contributed by atoms with E-state index in [9.17, 15) is 28.1 Å². The normalized spacial score (nSPS) is 15.8. The molecule has 1 fully saturated rings. The number of nitro groups is 1. The van der Waals surface area contributed by atoms with Crippen molar-refractivity contribution in [2.24, 2.45) is 0 Å². The Bertz CT molecular complexity index is 579. The molecule has 1 aliphatic rings. The summed E-state index contributed by atoms with van der Waals surface area (Å²) in [7, 11) is 0. The molecule has 1 saturated heterocycles. The summed E-state index contributed by atoms with van der Waals surface area (Å²) in [5.74, 6) is -0.316. The molecule has 0 radical (unpaired) electrons. The van der Waals surface area contributed by atoms with Gasteiger partial charge in [-0.05, 0) is 6.07 Å². The molecule has 1 aromatic rings. The summed E-state index contributed by atoms with van der Waals surface area (Å²) in [5, 5.41) is 10.9. The maximum atomic E-state index is 12.2. The lowest BCUT2D eigenvalue weighted by atomic mass is 10.1. The highest BCUT2D eigenvalue weighted by Crippen LogP contribution is 2.33. The molecule has 22 heavy (non-hydrogen) atoms. The van der Waals surface area contributed by atoms with Crippen LogP contribution < -0.4 is 9.64 Å². The fourth-order valence-electron chi connectivity index (χ4n) is 2.14. The van der Waals surface area contributed by atoms with Gasteiger partial charge in [0, 0.05) is 43.8 Å². The van der Waals surface area contributed by atoms with Crippen LogP contribution in [0.5, 0.6) is 5.75 Å². The van der Waals surface area contributed by atoms with Crippen molar-refractivity contribution >= 4 is 17.2 Å². The number of carbonyl (C=O) groups is 1. The summed E-state index contributed by atoms with van der Waals surface area (Å²) in [6.45, 7) is -0.750. The fourth-order valence-corrected chi connectivity index (χ4v) is 2.14. The first-order valence-electron chi connectivity index (χ1n) is 6.51. The Balaban J connectivity index is 2.22. The van der Waals surface area contributed by atoms with Crippen molar-refractivity contribution in [3.63, 3.8) is 0 Å². The van der Waals surface area contributed by atoms with Crippen LogP contribution in [-0.4, -0.2) is 36.6 Å². The third-order valence-electron chi connectivity index (χ3n) is 3.22.